The molecule has 0 radical (unpaired) electrons. The molecule has 48 heavy (non-hydrogen) atoms. The molecule has 2 heterocycles. The molecule has 0 aromatic heterocycles. The van der Waals surface area contributed by atoms with Gasteiger partial charge < -0.3 is 20.4 Å². The van der Waals surface area contributed by atoms with Gasteiger partial charge in [0.05, 0.1) is 35.1 Å². The standard InChI is InChI=1S/C38H38Cl2N2O6/c39-37-31(25-7-9-27-19-41(13-11-23(27)15-25)21-29(43)17-35(45)46)3-1-5-33(37)34-6-2-4-32(38(34)40)26-8-10-28-20-42(14-12-24(28)16-26)22-30(44)18-36(47)48/h1-10,15-16,29-30,43-44H,11-14,17-22H2,(H,45,46)(H,47,48)/t29-,30-/m0/s1. The monoisotopic (exact) mass is 688 g/mol. The number of hydrogen-bond acceptors (Lipinski definition) is 6. The van der Waals surface area contributed by atoms with Gasteiger partial charge in [-0.25, -0.2) is 0 Å². The van der Waals surface area contributed by atoms with Crippen LogP contribution in [0.15, 0.2) is 72.8 Å². The van der Waals surface area contributed by atoms with E-state index >= 15 is 0 Å². The van der Waals surface area contributed by atoms with Gasteiger partial charge in [0, 0.05) is 61.5 Å². The van der Waals surface area contributed by atoms with Crippen LogP contribution >= 0.6 is 23.2 Å². The minimum atomic E-state index is -1.00. The lowest BCUT2D eigenvalue weighted by Crippen LogP contribution is -2.37. The average molecular weight is 690 g/mol. The van der Waals surface area contributed by atoms with Gasteiger partial charge in [-0.3, -0.25) is 19.4 Å². The number of halogens is 2. The van der Waals surface area contributed by atoms with Gasteiger partial charge in [0.15, 0.2) is 0 Å². The number of rotatable bonds is 11. The third kappa shape index (κ3) is 7.76. The van der Waals surface area contributed by atoms with E-state index in [1.54, 1.807) is 0 Å². The van der Waals surface area contributed by atoms with Gasteiger partial charge in [-0.1, -0.05) is 96.0 Å². The first-order valence-electron chi connectivity index (χ1n) is 16.1. The van der Waals surface area contributed by atoms with Crippen molar-refractivity contribution >= 4 is 35.1 Å². The summed E-state index contributed by atoms with van der Waals surface area (Å²) in [4.78, 5) is 26.1. The zero-order valence-corrected chi connectivity index (χ0v) is 27.9. The van der Waals surface area contributed by atoms with Gasteiger partial charge in [-0.05, 0) is 46.2 Å². The minimum absolute atomic E-state index is 0.262. The lowest BCUT2D eigenvalue weighted by molar-refractivity contribution is -0.140. The Kier molecular flexibility index (Phi) is 10.5. The van der Waals surface area contributed by atoms with Crippen LogP contribution in [0.1, 0.15) is 35.1 Å². The first kappa shape index (κ1) is 34.1. The number of fused-ring (bicyclic) bond motifs is 2. The fourth-order valence-electron chi connectivity index (χ4n) is 6.92. The molecule has 0 fully saturated rings. The van der Waals surface area contributed by atoms with Crippen LogP contribution < -0.4 is 0 Å². The van der Waals surface area contributed by atoms with Crippen molar-refractivity contribution in [3.8, 4) is 33.4 Å². The van der Waals surface area contributed by atoms with E-state index in [-0.39, 0.29) is 12.8 Å². The summed E-state index contributed by atoms with van der Waals surface area (Å²) in [6, 6.07) is 24.6. The Morgan fingerprint density at radius 3 is 1.40 bits per heavy atom. The minimum Gasteiger partial charge on any atom is -0.481 e. The zero-order valence-electron chi connectivity index (χ0n) is 26.4. The van der Waals surface area contributed by atoms with Crippen molar-refractivity contribution < 1.29 is 30.0 Å². The van der Waals surface area contributed by atoms with E-state index in [9.17, 15) is 19.8 Å². The first-order valence-corrected chi connectivity index (χ1v) is 16.9. The number of hydrogen-bond donors (Lipinski definition) is 4. The van der Waals surface area contributed by atoms with Crippen molar-refractivity contribution in [2.75, 3.05) is 26.2 Å². The third-order valence-corrected chi connectivity index (χ3v) is 10.1. The Labute approximate surface area is 289 Å². The normalized spacial score (nSPS) is 16.2. The van der Waals surface area contributed by atoms with Gasteiger partial charge in [-0.15, -0.1) is 0 Å². The van der Waals surface area contributed by atoms with Crippen LogP contribution in [-0.4, -0.2) is 80.6 Å². The summed E-state index contributed by atoms with van der Waals surface area (Å²) in [7, 11) is 0. The molecule has 0 saturated carbocycles. The summed E-state index contributed by atoms with van der Waals surface area (Å²) < 4.78 is 0. The molecule has 2 aliphatic heterocycles. The van der Waals surface area contributed by atoms with Gasteiger partial charge >= 0.3 is 11.9 Å². The second-order valence-electron chi connectivity index (χ2n) is 12.8. The van der Waals surface area contributed by atoms with E-state index in [1.807, 2.05) is 36.4 Å². The molecule has 8 nitrogen and oxygen atoms in total. The van der Waals surface area contributed by atoms with E-state index in [1.165, 1.54) is 11.1 Å². The van der Waals surface area contributed by atoms with Gasteiger partial charge in [-0.2, -0.15) is 0 Å². The van der Waals surface area contributed by atoms with Crippen LogP contribution in [0, 0.1) is 0 Å². The molecule has 6 rings (SSSR count). The number of carboxylic acids is 2. The lowest BCUT2D eigenvalue weighted by atomic mass is 9.91. The molecule has 4 aromatic carbocycles. The number of aliphatic hydroxyl groups is 2. The predicted molar refractivity (Wildman–Crippen MR) is 187 cm³/mol. The van der Waals surface area contributed by atoms with E-state index in [0.29, 0.717) is 36.2 Å². The molecule has 10 heteroatoms. The van der Waals surface area contributed by atoms with Crippen molar-refractivity contribution in [3.05, 3.63) is 105 Å². The SMILES string of the molecule is O=C(O)C[C@H](O)CN1CCc2cc(-c3cccc(-c4cccc(-c5ccc6c(c5)CCN(C[C@@H](O)CC(=O)O)C6)c4Cl)c3Cl)ccc2C1. The summed E-state index contributed by atoms with van der Waals surface area (Å²) in [5.41, 5.74) is 10.2. The smallest absolute Gasteiger partial charge is 0.306 e. The highest BCUT2D eigenvalue weighted by Gasteiger charge is 2.23. The Balaban J connectivity index is 1.21. The summed E-state index contributed by atoms with van der Waals surface area (Å²) in [5.74, 6) is -2.00. The molecule has 0 unspecified atom stereocenters. The number of aliphatic hydroxyl groups excluding tert-OH is 2. The fraction of sp³-hybridized carbons (Fsp3) is 0.316. The molecule has 2 aliphatic rings. The number of aliphatic carboxylic acids is 2. The molecular formula is C38H38Cl2N2O6. The predicted octanol–water partition coefficient (Wildman–Crippen LogP) is 6.38. The van der Waals surface area contributed by atoms with Crippen LogP contribution in [0.3, 0.4) is 0 Å². The molecule has 2 atom stereocenters. The second kappa shape index (κ2) is 14.8. The largest absolute Gasteiger partial charge is 0.481 e. The van der Waals surface area contributed by atoms with Crippen LogP contribution in [0.5, 0.6) is 0 Å². The molecule has 0 spiro atoms. The quantitative estimate of drug-likeness (QED) is 0.143. The van der Waals surface area contributed by atoms with Gasteiger partial charge in [0.2, 0.25) is 0 Å². The fourth-order valence-corrected chi connectivity index (χ4v) is 7.60. The highest BCUT2D eigenvalue weighted by Crippen LogP contribution is 2.43. The highest BCUT2D eigenvalue weighted by atomic mass is 35.5. The number of benzene rings is 4. The Morgan fingerprint density at radius 1 is 0.604 bits per heavy atom. The molecule has 0 aliphatic carbocycles. The summed E-state index contributed by atoms with van der Waals surface area (Å²) in [5, 5.41) is 39.4. The van der Waals surface area contributed by atoms with E-state index in [0.717, 1.165) is 70.4 Å². The molecule has 0 saturated heterocycles. The van der Waals surface area contributed by atoms with Crippen LogP contribution in [0.4, 0.5) is 0 Å². The van der Waals surface area contributed by atoms with Gasteiger partial charge in [0.25, 0.3) is 0 Å². The number of β-amino-alcohol motifs (C(OH)–C–C–N with tert-alkyl or cyclic N) is 2. The van der Waals surface area contributed by atoms with Gasteiger partial charge in [0.1, 0.15) is 0 Å². The summed E-state index contributed by atoms with van der Waals surface area (Å²) in [6.07, 6.45) is -0.734. The maximum absolute atomic E-state index is 11.0. The highest BCUT2D eigenvalue weighted by molar-refractivity contribution is 6.39. The molecule has 0 bridgehead atoms. The molecule has 250 valence electrons. The first-order chi connectivity index (χ1) is 23.0. The van der Waals surface area contributed by atoms with Crippen molar-refractivity contribution in [2.45, 2.75) is 51.0 Å². The van der Waals surface area contributed by atoms with E-state index in [4.69, 9.17) is 33.4 Å². The van der Waals surface area contributed by atoms with Crippen molar-refractivity contribution in [1.29, 1.82) is 0 Å². The van der Waals surface area contributed by atoms with E-state index in [2.05, 4.69) is 46.2 Å². The molecular weight excluding hydrogens is 651 g/mol. The maximum atomic E-state index is 11.0. The molecule has 0 amide bonds. The number of carbonyl (C=O) groups is 2. The van der Waals surface area contributed by atoms with E-state index < -0.39 is 24.1 Å². The zero-order chi connectivity index (χ0) is 33.9. The number of nitrogens with zero attached hydrogens (tertiary/aromatic N) is 2. The Bertz CT molecular complexity index is 1710. The average Bonchev–Trinajstić information content (AvgIpc) is 3.04. The molecule has 4 N–H and O–H groups in total. The maximum Gasteiger partial charge on any atom is 0.306 e. The topological polar surface area (TPSA) is 122 Å². The summed E-state index contributed by atoms with van der Waals surface area (Å²) >= 11 is 14.3. The summed E-state index contributed by atoms with van der Waals surface area (Å²) in [6.45, 7) is 3.43. The van der Waals surface area contributed by atoms with Crippen molar-refractivity contribution in [2.24, 2.45) is 0 Å². The Hall–Kier alpha value is -3.76. The van der Waals surface area contributed by atoms with Crippen molar-refractivity contribution in [1.82, 2.24) is 9.80 Å². The van der Waals surface area contributed by atoms with Crippen LogP contribution in [-0.2, 0) is 35.5 Å². The third-order valence-electron chi connectivity index (χ3n) is 9.26. The number of carboxylic acid groups (broad SMARTS) is 2. The second-order valence-corrected chi connectivity index (χ2v) is 13.5. The van der Waals surface area contributed by atoms with Crippen LogP contribution in [0.2, 0.25) is 10.0 Å². The van der Waals surface area contributed by atoms with Crippen LogP contribution in [0.25, 0.3) is 33.4 Å². The Morgan fingerprint density at radius 2 is 1.00 bits per heavy atom. The van der Waals surface area contributed by atoms with Crippen molar-refractivity contribution in [3.63, 3.8) is 0 Å². The molecule has 4 aromatic rings. The lowest BCUT2D eigenvalue weighted by Gasteiger charge is -2.30.